The van der Waals surface area contributed by atoms with Gasteiger partial charge in [0.1, 0.15) is 22.3 Å². The summed E-state index contributed by atoms with van der Waals surface area (Å²) in [6, 6.07) is 18.1. The van der Waals surface area contributed by atoms with Crippen LogP contribution in [0.2, 0.25) is 0 Å². The summed E-state index contributed by atoms with van der Waals surface area (Å²) in [5.74, 6) is 2.92. The number of likely N-dealkylation sites (tertiary alicyclic amines) is 1. The Hall–Kier alpha value is -3.17. The minimum absolute atomic E-state index is 0.0386. The summed E-state index contributed by atoms with van der Waals surface area (Å²) in [5.41, 5.74) is 2.60. The maximum Gasteiger partial charge on any atom is 0.273 e. The van der Waals surface area contributed by atoms with E-state index >= 15 is 0 Å². The average molecular weight is 520 g/mol. The molecule has 0 saturated carbocycles. The third kappa shape index (κ3) is 5.47. The molecule has 1 aliphatic rings. The highest BCUT2D eigenvalue weighted by molar-refractivity contribution is 7.98. The topological polar surface area (TPSA) is 73.1 Å². The van der Waals surface area contributed by atoms with Gasteiger partial charge in [-0.2, -0.15) is 0 Å². The second kappa shape index (κ2) is 11.3. The number of nitrogens with zero attached hydrogens (tertiary/aromatic N) is 5. The number of rotatable bonds is 8. The zero-order valence-electron chi connectivity index (χ0n) is 20.5. The molecule has 1 amide bonds. The van der Waals surface area contributed by atoms with Crippen LogP contribution >= 0.6 is 23.1 Å². The first kappa shape index (κ1) is 24.5. The first-order chi connectivity index (χ1) is 17.6. The highest BCUT2D eigenvalue weighted by Gasteiger charge is 2.24. The molecule has 7 nitrogen and oxygen atoms in total. The fraction of sp³-hybridized carbons (Fsp3) is 0.333. The van der Waals surface area contributed by atoms with Crippen molar-refractivity contribution < 1.29 is 9.53 Å². The molecule has 1 aliphatic heterocycles. The molecular weight excluding hydrogens is 490 g/mol. The Balaban J connectivity index is 1.36. The van der Waals surface area contributed by atoms with E-state index in [2.05, 4.69) is 38.8 Å². The molecule has 0 unspecified atom stereocenters. The molecule has 0 bridgehead atoms. The van der Waals surface area contributed by atoms with Gasteiger partial charge in [-0.25, -0.2) is 4.98 Å². The third-order valence-electron chi connectivity index (χ3n) is 6.40. The van der Waals surface area contributed by atoms with Crippen LogP contribution in [-0.4, -0.2) is 50.8 Å². The van der Waals surface area contributed by atoms with Crippen molar-refractivity contribution in [3.8, 4) is 11.4 Å². The van der Waals surface area contributed by atoms with Crippen molar-refractivity contribution >= 4 is 29.0 Å². The van der Waals surface area contributed by atoms with Crippen LogP contribution in [0.4, 0.5) is 0 Å². The Kier molecular flexibility index (Phi) is 7.67. The summed E-state index contributed by atoms with van der Waals surface area (Å²) >= 11 is 3.08. The van der Waals surface area contributed by atoms with Gasteiger partial charge >= 0.3 is 0 Å². The van der Waals surface area contributed by atoms with Gasteiger partial charge in [0.15, 0.2) is 5.16 Å². The molecule has 4 aromatic rings. The maximum absolute atomic E-state index is 12.9. The van der Waals surface area contributed by atoms with Crippen molar-refractivity contribution in [2.24, 2.45) is 5.92 Å². The summed E-state index contributed by atoms with van der Waals surface area (Å²) in [5, 5.41) is 12.6. The standard InChI is InChI=1S/C27H29N5O2S2/c1-19-12-14-31(15-13-19)26(33)21-17-35-25(28-21)18-36-27-30-29-24(16-20-8-4-3-5-9-20)32(27)22-10-6-7-11-23(22)34-2/h3-11,17,19H,12-16,18H2,1-2H3. The number of carbonyl (C=O) groups is 1. The van der Waals surface area contributed by atoms with Gasteiger partial charge < -0.3 is 9.64 Å². The number of carbonyl (C=O) groups excluding carboxylic acids is 1. The Labute approximate surface area is 219 Å². The number of methoxy groups -OCH3 is 1. The SMILES string of the molecule is COc1ccccc1-n1c(Cc2ccccc2)nnc1SCc1nc(C(=O)N2CCC(C)CC2)cs1. The van der Waals surface area contributed by atoms with Crippen LogP contribution in [0, 0.1) is 5.92 Å². The van der Waals surface area contributed by atoms with E-state index in [9.17, 15) is 4.79 Å². The van der Waals surface area contributed by atoms with Gasteiger partial charge in [-0.1, -0.05) is 61.2 Å². The van der Waals surface area contributed by atoms with Crippen molar-refractivity contribution in [2.45, 2.75) is 37.1 Å². The summed E-state index contributed by atoms with van der Waals surface area (Å²) < 4.78 is 7.71. The Morgan fingerprint density at radius 2 is 1.83 bits per heavy atom. The number of aromatic nitrogens is 4. The molecule has 36 heavy (non-hydrogen) atoms. The van der Waals surface area contributed by atoms with Crippen molar-refractivity contribution in [1.82, 2.24) is 24.6 Å². The quantitative estimate of drug-likeness (QED) is 0.287. The Morgan fingerprint density at radius 1 is 1.08 bits per heavy atom. The number of amides is 1. The molecule has 0 radical (unpaired) electrons. The van der Waals surface area contributed by atoms with E-state index in [0.717, 1.165) is 58.9 Å². The second-order valence-electron chi connectivity index (χ2n) is 8.96. The van der Waals surface area contributed by atoms with Crippen LogP contribution < -0.4 is 4.74 Å². The lowest BCUT2D eigenvalue weighted by Gasteiger charge is -2.29. The van der Waals surface area contributed by atoms with Crippen LogP contribution in [0.5, 0.6) is 5.75 Å². The van der Waals surface area contributed by atoms with Gasteiger partial charge in [0.2, 0.25) is 0 Å². The molecule has 2 aromatic heterocycles. The summed E-state index contributed by atoms with van der Waals surface area (Å²) in [4.78, 5) is 19.5. The number of thiazole rings is 1. The predicted octanol–water partition coefficient (Wildman–Crippen LogP) is 5.49. The minimum atomic E-state index is 0.0386. The average Bonchev–Trinajstić information content (AvgIpc) is 3.55. The third-order valence-corrected chi connectivity index (χ3v) is 8.37. The number of benzene rings is 2. The van der Waals surface area contributed by atoms with Crippen molar-refractivity contribution in [1.29, 1.82) is 0 Å². The molecule has 0 spiro atoms. The largest absolute Gasteiger partial charge is 0.495 e. The van der Waals surface area contributed by atoms with Crippen molar-refractivity contribution in [3.05, 3.63) is 82.1 Å². The van der Waals surface area contributed by atoms with E-state index in [-0.39, 0.29) is 5.91 Å². The number of hydrogen-bond acceptors (Lipinski definition) is 7. The number of ether oxygens (including phenoxy) is 1. The first-order valence-corrected chi connectivity index (χ1v) is 14.0. The monoisotopic (exact) mass is 519 g/mol. The fourth-order valence-corrected chi connectivity index (χ4v) is 6.07. The van der Waals surface area contributed by atoms with Gasteiger partial charge in [-0.05, 0) is 36.5 Å². The van der Waals surface area contributed by atoms with Crippen LogP contribution in [-0.2, 0) is 12.2 Å². The molecule has 2 aromatic carbocycles. The molecule has 186 valence electrons. The van der Waals surface area contributed by atoms with Crippen molar-refractivity contribution in [3.63, 3.8) is 0 Å². The molecule has 1 saturated heterocycles. The predicted molar refractivity (Wildman–Crippen MR) is 143 cm³/mol. The lowest BCUT2D eigenvalue weighted by molar-refractivity contribution is 0.0692. The molecule has 0 aliphatic carbocycles. The molecule has 3 heterocycles. The molecule has 1 fully saturated rings. The number of hydrogen-bond donors (Lipinski definition) is 0. The maximum atomic E-state index is 12.9. The van der Waals surface area contributed by atoms with Crippen molar-refractivity contribution in [2.75, 3.05) is 20.2 Å². The Bertz CT molecular complexity index is 1310. The molecular formula is C27H29N5O2S2. The van der Waals surface area contributed by atoms with Gasteiger partial charge in [-0.3, -0.25) is 9.36 Å². The van der Waals surface area contributed by atoms with E-state index in [0.29, 0.717) is 23.8 Å². The lowest BCUT2D eigenvalue weighted by atomic mass is 9.99. The molecule has 0 N–H and O–H groups in total. The normalized spacial score (nSPS) is 14.2. The minimum Gasteiger partial charge on any atom is -0.495 e. The zero-order valence-corrected chi connectivity index (χ0v) is 22.1. The van der Waals surface area contributed by atoms with E-state index in [1.165, 1.54) is 11.3 Å². The van der Waals surface area contributed by atoms with Crippen LogP contribution in [0.1, 0.15) is 46.6 Å². The number of piperidine rings is 1. The highest BCUT2D eigenvalue weighted by atomic mass is 32.2. The first-order valence-electron chi connectivity index (χ1n) is 12.1. The summed E-state index contributed by atoms with van der Waals surface area (Å²) in [6.07, 6.45) is 2.77. The van der Waals surface area contributed by atoms with E-state index in [1.807, 2.05) is 52.7 Å². The fourth-order valence-electron chi connectivity index (χ4n) is 4.32. The zero-order chi connectivity index (χ0) is 24.9. The van der Waals surface area contributed by atoms with Gasteiger partial charge in [-0.15, -0.1) is 21.5 Å². The van der Waals surface area contributed by atoms with Gasteiger partial charge in [0, 0.05) is 24.9 Å². The number of thioether (sulfide) groups is 1. The lowest BCUT2D eigenvalue weighted by Crippen LogP contribution is -2.38. The summed E-state index contributed by atoms with van der Waals surface area (Å²) in [6.45, 7) is 3.87. The molecule has 5 rings (SSSR count). The van der Waals surface area contributed by atoms with Crippen LogP contribution in [0.25, 0.3) is 5.69 Å². The van der Waals surface area contributed by atoms with E-state index in [1.54, 1.807) is 18.9 Å². The smallest absolute Gasteiger partial charge is 0.273 e. The van der Waals surface area contributed by atoms with Crippen LogP contribution in [0.3, 0.4) is 0 Å². The highest BCUT2D eigenvalue weighted by Crippen LogP contribution is 2.31. The molecule has 0 atom stereocenters. The van der Waals surface area contributed by atoms with E-state index < -0.39 is 0 Å². The number of para-hydroxylation sites is 2. The molecule has 9 heteroatoms. The Morgan fingerprint density at radius 3 is 2.61 bits per heavy atom. The summed E-state index contributed by atoms with van der Waals surface area (Å²) in [7, 11) is 1.67. The van der Waals surface area contributed by atoms with E-state index in [4.69, 9.17) is 4.74 Å². The van der Waals surface area contributed by atoms with Crippen LogP contribution in [0.15, 0.2) is 65.1 Å². The van der Waals surface area contributed by atoms with Gasteiger partial charge in [0.25, 0.3) is 5.91 Å². The van der Waals surface area contributed by atoms with Gasteiger partial charge in [0.05, 0.1) is 18.6 Å². The second-order valence-corrected chi connectivity index (χ2v) is 10.8.